The maximum atomic E-state index is 14.7. The van der Waals surface area contributed by atoms with Crippen LogP contribution < -0.4 is 11.1 Å². The van der Waals surface area contributed by atoms with Gasteiger partial charge in [-0.05, 0) is 44.0 Å². The maximum Gasteiger partial charge on any atom is 0.138 e. The van der Waals surface area contributed by atoms with E-state index in [9.17, 15) is 4.39 Å². The summed E-state index contributed by atoms with van der Waals surface area (Å²) >= 11 is 0. The van der Waals surface area contributed by atoms with E-state index in [-0.39, 0.29) is 5.82 Å². The predicted octanol–water partition coefficient (Wildman–Crippen LogP) is 4.82. The number of aromatic amines is 1. The number of hydrogen-bond acceptors (Lipinski definition) is 3. The third-order valence-electron chi connectivity index (χ3n) is 6.03. The standard InChI is InChI=1S/C23H28FN5Si/c1-12-16(17-11-27-29(4)14(17)3)10-26-22-20(12)21(23(28-22)30(5,6)7)15-8-18(24)13(2)19(25)9-15/h8-11H,25H2,1-7H3,(H,26,28). The number of rotatable bonds is 3. The Bertz CT molecular complexity index is 1270. The predicted molar refractivity (Wildman–Crippen MR) is 125 cm³/mol. The Hall–Kier alpha value is -2.93. The van der Waals surface area contributed by atoms with Crippen molar-refractivity contribution in [2.75, 3.05) is 5.73 Å². The molecule has 0 atom stereocenters. The molecule has 0 saturated heterocycles. The zero-order valence-electron chi connectivity index (χ0n) is 18.6. The van der Waals surface area contributed by atoms with E-state index in [1.165, 1.54) is 0 Å². The number of pyridine rings is 1. The molecule has 5 nitrogen and oxygen atoms in total. The van der Waals surface area contributed by atoms with Crippen LogP contribution in [0.3, 0.4) is 0 Å². The van der Waals surface area contributed by atoms with Crippen LogP contribution in [-0.2, 0) is 7.05 Å². The van der Waals surface area contributed by atoms with Gasteiger partial charge in [-0.25, -0.2) is 9.37 Å². The summed E-state index contributed by atoms with van der Waals surface area (Å²) in [5, 5.41) is 6.57. The molecule has 1 aromatic carbocycles. The van der Waals surface area contributed by atoms with Crippen molar-refractivity contribution in [1.29, 1.82) is 0 Å². The summed E-state index contributed by atoms with van der Waals surface area (Å²) in [5.74, 6) is -0.286. The first-order valence-electron chi connectivity index (χ1n) is 10.1. The van der Waals surface area contributed by atoms with Crippen LogP contribution in [0.4, 0.5) is 10.1 Å². The van der Waals surface area contributed by atoms with Crippen LogP contribution in [0.15, 0.2) is 24.5 Å². The largest absolute Gasteiger partial charge is 0.398 e. The zero-order valence-corrected chi connectivity index (χ0v) is 19.6. The summed E-state index contributed by atoms with van der Waals surface area (Å²) in [7, 11) is 0.140. The number of hydrogen-bond donors (Lipinski definition) is 2. The third-order valence-corrected chi connectivity index (χ3v) is 7.91. The van der Waals surface area contributed by atoms with Crippen LogP contribution in [0, 0.1) is 26.6 Å². The maximum absolute atomic E-state index is 14.7. The van der Waals surface area contributed by atoms with E-state index >= 15 is 0 Å². The lowest BCUT2D eigenvalue weighted by molar-refractivity contribution is 0.620. The molecule has 0 radical (unpaired) electrons. The number of nitrogens with one attached hydrogen (secondary N) is 1. The first kappa shape index (κ1) is 20.3. The number of aryl methyl sites for hydroxylation is 2. The number of nitrogens with two attached hydrogens (primary N) is 1. The fraction of sp³-hybridized carbons (Fsp3) is 0.304. The quantitative estimate of drug-likeness (QED) is 0.368. The molecule has 4 rings (SSSR count). The number of fused-ring (bicyclic) bond motifs is 1. The molecule has 0 amide bonds. The molecular weight excluding hydrogens is 393 g/mol. The fourth-order valence-corrected chi connectivity index (χ4v) is 5.55. The summed E-state index contributed by atoms with van der Waals surface area (Å²) in [6, 6.07) is 3.48. The summed E-state index contributed by atoms with van der Waals surface area (Å²) in [6.07, 6.45) is 3.78. The minimum atomic E-state index is -1.79. The minimum absolute atomic E-state index is 0.286. The highest BCUT2D eigenvalue weighted by atomic mass is 28.3. The lowest BCUT2D eigenvalue weighted by atomic mass is 9.96. The average molecular weight is 422 g/mol. The summed E-state index contributed by atoms with van der Waals surface area (Å²) < 4.78 is 16.5. The van der Waals surface area contributed by atoms with Gasteiger partial charge in [-0.15, -0.1) is 0 Å². The van der Waals surface area contributed by atoms with Crippen LogP contribution in [0.1, 0.15) is 16.8 Å². The van der Waals surface area contributed by atoms with Crippen molar-refractivity contribution in [3.63, 3.8) is 0 Å². The number of halogens is 1. The molecule has 3 heterocycles. The molecule has 0 aliphatic carbocycles. The van der Waals surface area contributed by atoms with E-state index in [1.807, 2.05) is 37.1 Å². The van der Waals surface area contributed by atoms with E-state index in [2.05, 4.69) is 36.6 Å². The van der Waals surface area contributed by atoms with Gasteiger partial charge in [0.05, 0.1) is 14.3 Å². The van der Waals surface area contributed by atoms with Crippen molar-refractivity contribution in [1.82, 2.24) is 19.7 Å². The average Bonchev–Trinajstić information content (AvgIpc) is 3.21. The zero-order chi connectivity index (χ0) is 22.0. The highest BCUT2D eigenvalue weighted by Gasteiger charge is 2.28. The summed E-state index contributed by atoms with van der Waals surface area (Å²) in [6.45, 7) is 12.7. The molecule has 156 valence electrons. The lowest BCUT2D eigenvalue weighted by Gasteiger charge is -2.18. The number of aromatic nitrogens is 4. The van der Waals surface area contributed by atoms with Crippen molar-refractivity contribution in [3.05, 3.63) is 47.2 Å². The van der Waals surface area contributed by atoms with E-state index in [0.29, 0.717) is 11.3 Å². The van der Waals surface area contributed by atoms with Crippen molar-refractivity contribution in [2.45, 2.75) is 40.4 Å². The van der Waals surface area contributed by atoms with E-state index in [4.69, 9.17) is 10.7 Å². The van der Waals surface area contributed by atoms with Crippen molar-refractivity contribution < 1.29 is 4.39 Å². The molecule has 0 bridgehead atoms. The Morgan fingerprint density at radius 3 is 2.30 bits per heavy atom. The Balaban J connectivity index is 2.11. The second kappa shape index (κ2) is 6.80. The van der Waals surface area contributed by atoms with Crippen molar-refractivity contribution >= 4 is 30.1 Å². The molecule has 0 aliphatic rings. The minimum Gasteiger partial charge on any atom is -0.398 e. The number of nitrogen functional groups attached to an aromatic ring is 1. The van der Waals surface area contributed by atoms with E-state index < -0.39 is 8.07 Å². The summed E-state index contributed by atoms with van der Waals surface area (Å²) in [4.78, 5) is 8.32. The Kier molecular flexibility index (Phi) is 4.61. The van der Waals surface area contributed by atoms with Crippen LogP contribution in [0.2, 0.25) is 19.6 Å². The molecule has 3 aromatic heterocycles. The van der Waals surface area contributed by atoms with Crippen LogP contribution >= 0.6 is 0 Å². The number of H-pyrrole nitrogens is 1. The van der Waals surface area contributed by atoms with Crippen molar-refractivity contribution in [3.8, 4) is 22.3 Å². The van der Waals surface area contributed by atoms with Crippen LogP contribution in [-0.4, -0.2) is 27.8 Å². The van der Waals surface area contributed by atoms with Crippen LogP contribution in [0.25, 0.3) is 33.3 Å². The van der Waals surface area contributed by atoms with Crippen LogP contribution in [0.5, 0.6) is 0 Å². The molecule has 0 fully saturated rings. The number of nitrogens with zero attached hydrogens (tertiary/aromatic N) is 3. The Morgan fingerprint density at radius 1 is 1.03 bits per heavy atom. The van der Waals surface area contributed by atoms with Gasteiger partial charge in [0, 0.05) is 57.6 Å². The van der Waals surface area contributed by atoms with Gasteiger partial charge < -0.3 is 10.7 Å². The second-order valence-corrected chi connectivity index (χ2v) is 14.1. The lowest BCUT2D eigenvalue weighted by Crippen LogP contribution is -2.39. The number of anilines is 1. The Morgan fingerprint density at radius 2 is 1.73 bits per heavy atom. The first-order valence-corrected chi connectivity index (χ1v) is 13.6. The molecule has 3 N–H and O–H groups in total. The monoisotopic (exact) mass is 421 g/mol. The first-order chi connectivity index (χ1) is 14.0. The van der Waals surface area contributed by atoms with Gasteiger partial charge in [-0.3, -0.25) is 4.68 Å². The van der Waals surface area contributed by atoms with Gasteiger partial charge in [-0.2, -0.15) is 5.10 Å². The van der Waals surface area contributed by atoms with E-state index in [1.54, 1.807) is 13.0 Å². The normalized spacial score (nSPS) is 12.1. The molecule has 0 unspecified atom stereocenters. The molecule has 7 heteroatoms. The SMILES string of the molecule is Cc1c(N)cc(-c2c([Si](C)(C)C)[nH]c3ncc(-c4cnn(C)c4C)c(C)c23)cc1F. The highest BCUT2D eigenvalue weighted by molar-refractivity contribution is 6.89. The van der Waals surface area contributed by atoms with Gasteiger partial charge in [0.25, 0.3) is 0 Å². The fourth-order valence-electron chi connectivity index (χ4n) is 4.04. The molecule has 0 saturated carbocycles. The topological polar surface area (TPSA) is 72.5 Å². The van der Waals surface area contributed by atoms with Gasteiger partial charge >= 0.3 is 0 Å². The van der Waals surface area contributed by atoms with Crippen molar-refractivity contribution in [2.24, 2.45) is 7.05 Å². The molecular formula is C23H28FN5Si. The number of benzene rings is 1. The molecule has 4 aromatic rings. The smallest absolute Gasteiger partial charge is 0.138 e. The highest BCUT2D eigenvalue weighted by Crippen LogP contribution is 2.37. The molecule has 30 heavy (non-hydrogen) atoms. The van der Waals surface area contributed by atoms with Gasteiger partial charge in [0.15, 0.2) is 0 Å². The molecule has 0 aliphatic heterocycles. The molecule has 0 spiro atoms. The third kappa shape index (κ3) is 3.04. The summed E-state index contributed by atoms with van der Waals surface area (Å²) in [5.41, 5.74) is 14.0. The van der Waals surface area contributed by atoms with Gasteiger partial charge in [-0.1, -0.05) is 19.6 Å². The second-order valence-electron chi connectivity index (χ2n) is 9.09. The Labute approximate surface area is 177 Å². The van der Waals surface area contributed by atoms with E-state index in [0.717, 1.165) is 49.9 Å². The van der Waals surface area contributed by atoms with Gasteiger partial charge in [0.1, 0.15) is 11.5 Å². The van der Waals surface area contributed by atoms with Gasteiger partial charge in [0.2, 0.25) is 0 Å².